The van der Waals surface area contributed by atoms with E-state index in [0.29, 0.717) is 6.61 Å². The number of nitrogens with zero attached hydrogens (tertiary/aromatic N) is 2. The molecule has 8 nitrogen and oxygen atoms in total. The maximum absolute atomic E-state index is 12.1. The fourth-order valence-electron chi connectivity index (χ4n) is 2.17. The third kappa shape index (κ3) is 3.09. The van der Waals surface area contributed by atoms with Crippen LogP contribution in [0.2, 0.25) is 0 Å². The van der Waals surface area contributed by atoms with Gasteiger partial charge < -0.3 is 19.5 Å². The zero-order valence-electron chi connectivity index (χ0n) is 10.6. The molecule has 18 heavy (non-hydrogen) atoms. The molecule has 0 aromatic rings. The third-order valence-corrected chi connectivity index (χ3v) is 2.93. The summed E-state index contributed by atoms with van der Waals surface area (Å²) in [5.74, 6) is 0. The number of β-amino-alcohol motifs (C(OH)–C–C–N with tert-alkyl or cyclic N) is 1. The van der Waals surface area contributed by atoms with E-state index in [1.807, 2.05) is 0 Å². The van der Waals surface area contributed by atoms with Crippen molar-refractivity contribution in [3.8, 4) is 0 Å². The zero-order chi connectivity index (χ0) is 13.5. The molecule has 2 N–H and O–H groups in total. The predicted octanol–water partition coefficient (Wildman–Crippen LogP) is -0.807. The van der Waals surface area contributed by atoms with Crippen molar-refractivity contribution in [3.05, 3.63) is 0 Å². The summed E-state index contributed by atoms with van der Waals surface area (Å²) in [6.45, 7) is 0.392. The zero-order valence-corrected chi connectivity index (χ0v) is 10.6. The molecule has 1 aliphatic heterocycles. The first-order chi connectivity index (χ1) is 8.71. The van der Waals surface area contributed by atoms with Crippen molar-refractivity contribution < 1.29 is 29.5 Å². The molecular formula is C10H20N2O6. The average molecular weight is 264 g/mol. The summed E-state index contributed by atoms with van der Waals surface area (Å²) in [4.78, 5) is 19.2. The Hall–Kier alpha value is -0.930. The molecule has 2 amide bonds. The Bertz CT molecular complexity index is 241. The molecule has 1 aliphatic rings. The minimum absolute atomic E-state index is 0.0417. The first-order valence-electron chi connectivity index (χ1n) is 5.63. The molecule has 8 heteroatoms. The second-order valence-electron chi connectivity index (χ2n) is 3.97. The Morgan fingerprint density at radius 2 is 1.83 bits per heavy atom. The van der Waals surface area contributed by atoms with Crippen LogP contribution < -0.4 is 0 Å². The lowest BCUT2D eigenvalue weighted by atomic mass is 10.1. The number of rotatable bonds is 8. The Morgan fingerprint density at radius 1 is 1.17 bits per heavy atom. The second kappa shape index (κ2) is 7.49. The molecule has 0 bridgehead atoms. The van der Waals surface area contributed by atoms with Crippen molar-refractivity contribution in [2.24, 2.45) is 0 Å². The number of ether oxygens (including phenoxy) is 2. The lowest BCUT2D eigenvalue weighted by Crippen LogP contribution is -2.44. The van der Waals surface area contributed by atoms with Gasteiger partial charge in [-0.1, -0.05) is 0 Å². The van der Waals surface area contributed by atoms with Crippen molar-refractivity contribution in [1.29, 1.82) is 0 Å². The summed E-state index contributed by atoms with van der Waals surface area (Å²) in [6.07, 6.45) is 0. The van der Waals surface area contributed by atoms with Gasteiger partial charge in [-0.15, -0.1) is 0 Å². The number of aliphatic hydroxyl groups is 1. The van der Waals surface area contributed by atoms with Gasteiger partial charge in [0.15, 0.2) is 0 Å². The van der Waals surface area contributed by atoms with Crippen LogP contribution in [0.5, 0.6) is 0 Å². The van der Waals surface area contributed by atoms with Crippen LogP contribution in [-0.2, 0) is 14.4 Å². The summed E-state index contributed by atoms with van der Waals surface area (Å²) in [7, 11) is 3.02. The van der Waals surface area contributed by atoms with Crippen LogP contribution in [0.3, 0.4) is 0 Å². The fourth-order valence-corrected chi connectivity index (χ4v) is 2.17. The van der Waals surface area contributed by atoms with Crippen LogP contribution in [0.4, 0.5) is 4.79 Å². The summed E-state index contributed by atoms with van der Waals surface area (Å²) >= 11 is 0. The highest BCUT2D eigenvalue weighted by atomic mass is 17.1. The van der Waals surface area contributed by atoms with Gasteiger partial charge in [-0.3, -0.25) is 10.2 Å². The van der Waals surface area contributed by atoms with Crippen molar-refractivity contribution in [2.75, 3.05) is 47.3 Å². The normalized spacial score (nSPS) is 24.1. The topological polar surface area (TPSA) is 91.7 Å². The van der Waals surface area contributed by atoms with Gasteiger partial charge in [-0.2, -0.15) is 0 Å². The van der Waals surface area contributed by atoms with Gasteiger partial charge in [0.2, 0.25) is 0 Å². The molecule has 0 radical (unpaired) electrons. The molecule has 1 saturated heterocycles. The number of aliphatic hydroxyl groups excluding tert-OH is 1. The van der Waals surface area contributed by atoms with E-state index in [-0.39, 0.29) is 44.6 Å². The first-order valence-corrected chi connectivity index (χ1v) is 5.63. The van der Waals surface area contributed by atoms with Gasteiger partial charge in [0.25, 0.3) is 0 Å². The highest BCUT2D eigenvalue weighted by molar-refractivity contribution is 5.78. The number of carbonyl (C=O) groups excluding carboxylic acids is 1. The molecule has 2 unspecified atom stereocenters. The van der Waals surface area contributed by atoms with Gasteiger partial charge >= 0.3 is 6.03 Å². The maximum atomic E-state index is 12.1. The Labute approximate surface area is 106 Å². The van der Waals surface area contributed by atoms with E-state index in [4.69, 9.17) is 19.8 Å². The fraction of sp³-hybridized carbons (Fsp3) is 0.900. The molecule has 1 fully saturated rings. The molecule has 1 heterocycles. The van der Waals surface area contributed by atoms with Gasteiger partial charge in [0.05, 0.1) is 25.3 Å². The first kappa shape index (κ1) is 15.1. The lowest BCUT2D eigenvalue weighted by Gasteiger charge is -2.25. The van der Waals surface area contributed by atoms with Crippen LogP contribution >= 0.6 is 0 Å². The molecule has 0 aliphatic carbocycles. The number of methoxy groups -OCH3 is 2. The van der Waals surface area contributed by atoms with Crippen molar-refractivity contribution >= 4 is 6.03 Å². The molecule has 106 valence electrons. The number of urea groups is 1. The van der Waals surface area contributed by atoms with Crippen molar-refractivity contribution in [3.63, 3.8) is 0 Å². The van der Waals surface area contributed by atoms with E-state index < -0.39 is 0 Å². The smallest absolute Gasteiger partial charge is 0.322 e. The Kier molecular flexibility index (Phi) is 6.30. The van der Waals surface area contributed by atoms with Crippen LogP contribution in [0, 0.1) is 0 Å². The van der Waals surface area contributed by atoms with Gasteiger partial charge in [-0.05, 0) is 0 Å². The number of hydrogen-bond donors (Lipinski definition) is 2. The van der Waals surface area contributed by atoms with E-state index in [1.54, 1.807) is 0 Å². The van der Waals surface area contributed by atoms with Crippen LogP contribution in [0.15, 0.2) is 0 Å². The molecule has 0 spiro atoms. The molecular weight excluding hydrogens is 244 g/mol. The molecule has 0 saturated carbocycles. The average Bonchev–Trinajstić information content (AvgIpc) is 2.58. The Balaban J connectivity index is 2.87. The molecule has 0 aromatic carbocycles. The highest BCUT2D eigenvalue weighted by Crippen LogP contribution is 2.23. The van der Waals surface area contributed by atoms with E-state index in [2.05, 4.69) is 4.89 Å². The number of hydrogen-bond acceptors (Lipinski definition) is 6. The van der Waals surface area contributed by atoms with E-state index in [0.717, 1.165) is 0 Å². The number of carbonyl (C=O) groups is 1. The van der Waals surface area contributed by atoms with Gasteiger partial charge in [-0.25, -0.2) is 9.68 Å². The minimum atomic E-state index is -0.384. The Morgan fingerprint density at radius 3 is 2.33 bits per heavy atom. The van der Waals surface area contributed by atoms with Crippen molar-refractivity contribution in [1.82, 2.24) is 9.80 Å². The van der Waals surface area contributed by atoms with Crippen molar-refractivity contribution in [2.45, 2.75) is 12.1 Å². The van der Waals surface area contributed by atoms with Crippen LogP contribution in [0.1, 0.15) is 0 Å². The molecule has 0 aromatic heterocycles. The van der Waals surface area contributed by atoms with E-state index in [1.165, 1.54) is 24.0 Å². The summed E-state index contributed by atoms with van der Waals surface area (Å²) in [5.41, 5.74) is 0. The van der Waals surface area contributed by atoms with E-state index >= 15 is 0 Å². The highest BCUT2D eigenvalue weighted by Gasteiger charge is 2.45. The third-order valence-electron chi connectivity index (χ3n) is 2.93. The number of amides is 2. The maximum Gasteiger partial charge on any atom is 0.322 e. The van der Waals surface area contributed by atoms with Crippen LogP contribution in [-0.4, -0.2) is 85.6 Å². The summed E-state index contributed by atoms with van der Waals surface area (Å²) in [6, 6.07) is -0.944. The van der Waals surface area contributed by atoms with E-state index in [9.17, 15) is 4.79 Å². The quantitative estimate of drug-likeness (QED) is 0.440. The largest absolute Gasteiger partial charge is 0.395 e. The molecule has 2 atom stereocenters. The second-order valence-corrected chi connectivity index (χ2v) is 3.97. The van der Waals surface area contributed by atoms with Crippen LogP contribution in [0.25, 0.3) is 0 Å². The summed E-state index contributed by atoms with van der Waals surface area (Å²) < 4.78 is 10.1. The monoisotopic (exact) mass is 264 g/mol. The standard InChI is InChI=1S/C10H20N2O6/c1-16-5-8-9(6-18-15)11(3-4-13)10(14)12(8)7-17-2/h8-9,13,15H,3-7H2,1-2H3. The lowest BCUT2D eigenvalue weighted by molar-refractivity contribution is -0.251. The van der Waals surface area contributed by atoms with Gasteiger partial charge in [0.1, 0.15) is 13.3 Å². The minimum Gasteiger partial charge on any atom is -0.395 e. The molecule has 1 rings (SSSR count). The SMILES string of the molecule is COCC1C(COO)N(CCO)C(=O)N1COC. The summed E-state index contributed by atoms with van der Waals surface area (Å²) in [5, 5.41) is 17.6. The predicted molar refractivity (Wildman–Crippen MR) is 60.9 cm³/mol. The van der Waals surface area contributed by atoms with Gasteiger partial charge in [0, 0.05) is 20.8 Å².